The molecule has 0 aliphatic carbocycles. The summed E-state index contributed by atoms with van der Waals surface area (Å²) in [5.41, 5.74) is -0.00307. The monoisotopic (exact) mass is 416 g/mol. The number of hydrogen-bond acceptors (Lipinski definition) is 5. The number of nitrogens with one attached hydrogen (secondary N) is 1. The Morgan fingerprint density at radius 3 is 2.63 bits per heavy atom. The Bertz CT molecular complexity index is 960. The van der Waals surface area contributed by atoms with Crippen LogP contribution in [0.15, 0.2) is 30.6 Å². The molecule has 158 valence electrons. The highest BCUT2D eigenvalue weighted by Crippen LogP contribution is 2.38. The molecular weight excluding hydrogens is 394 g/mol. The smallest absolute Gasteiger partial charge is 0.410 e. The highest BCUT2D eigenvalue weighted by atomic mass is 19.1. The molecule has 2 aliphatic rings. The highest BCUT2D eigenvalue weighted by Gasteiger charge is 2.50. The molecule has 3 heterocycles. The molecule has 9 heteroatoms. The molecule has 0 radical (unpaired) electrons. The van der Waals surface area contributed by atoms with Gasteiger partial charge in [0.05, 0.1) is 24.1 Å². The summed E-state index contributed by atoms with van der Waals surface area (Å²) in [6, 6.07) is 3.07. The molecule has 2 saturated heterocycles. The van der Waals surface area contributed by atoms with Gasteiger partial charge >= 0.3 is 6.09 Å². The predicted molar refractivity (Wildman–Crippen MR) is 104 cm³/mol. The number of piperidine rings is 1. The largest absolute Gasteiger partial charge is 0.441 e. The van der Waals surface area contributed by atoms with Gasteiger partial charge in [0.25, 0.3) is 0 Å². The zero-order valence-electron chi connectivity index (χ0n) is 16.7. The van der Waals surface area contributed by atoms with E-state index in [0.717, 1.165) is 24.6 Å². The fraction of sp³-hybridized carbons (Fsp3) is 0.429. The van der Waals surface area contributed by atoms with E-state index in [4.69, 9.17) is 4.74 Å². The first-order valence-corrected chi connectivity index (χ1v) is 9.79. The number of ether oxygens (including phenoxy) is 1. The first-order chi connectivity index (χ1) is 14.2. The Labute approximate surface area is 172 Å². The molecule has 2 fully saturated rings. The second kappa shape index (κ2) is 7.62. The van der Waals surface area contributed by atoms with Gasteiger partial charge in [0.2, 0.25) is 5.91 Å². The Morgan fingerprint density at radius 1 is 1.23 bits per heavy atom. The fourth-order valence-corrected chi connectivity index (χ4v) is 4.15. The van der Waals surface area contributed by atoms with Crippen molar-refractivity contribution in [2.75, 3.05) is 11.9 Å². The number of hydrogen-bond donors (Lipinski definition) is 1. The maximum Gasteiger partial charge on any atom is 0.410 e. The van der Waals surface area contributed by atoms with E-state index in [1.54, 1.807) is 4.90 Å². The van der Waals surface area contributed by atoms with Crippen LogP contribution in [-0.4, -0.2) is 45.1 Å². The zero-order chi connectivity index (χ0) is 21.5. The molecule has 0 bridgehead atoms. The second-order valence-corrected chi connectivity index (χ2v) is 8.27. The fourth-order valence-electron chi connectivity index (χ4n) is 4.15. The second-order valence-electron chi connectivity index (χ2n) is 8.27. The van der Waals surface area contributed by atoms with Gasteiger partial charge in [-0.1, -0.05) is 0 Å². The maximum atomic E-state index is 13.4. The van der Waals surface area contributed by atoms with Gasteiger partial charge in [-0.05, 0) is 44.7 Å². The van der Waals surface area contributed by atoms with Crippen molar-refractivity contribution in [1.82, 2.24) is 14.9 Å². The minimum Gasteiger partial charge on any atom is -0.441 e. The van der Waals surface area contributed by atoms with E-state index in [0.29, 0.717) is 25.1 Å². The SMILES string of the molecule is CC1(C)OC(=O)N2CC[C@@H](CC(=O)Nc3cnc(-c4cc(F)cc(F)c4)cn3)C[C@H]21. The summed E-state index contributed by atoms with van der Waals surface area (Å²) in [6.45, 7) is 4.35. The van der Waals surface area contributed by atoms with Crippen molar-refractivity contribution in [2.45, 2.75) is 44.8 Å². The quantitative estimate of drug-likeness (QED) is 0.821. The minimum absolute atomic E-state index is 0.0395. The maximum absolute atomic E-state index is 13.4. The van der Waals surface area contributed by atoms with Crippen LogP contribution in [0, 0.1) is 17.6 Å². The number of rotatable bonds is 4. The molecule has 1 aromatic carbocycles. The Kier molecular flexibility index (Phi) is 5.13. The summed E-state index contributed by atoms with van der Waals surface area (Å²) in [6.07, 6.45) is 4.14. The third kappa shape index (κ3) is 4.10. The molecule has 4 rings (SSSR count). The van der Waals surface area contributed by atoms with Crippen LogP contribution in [0.2, 0.25) is 0 Å². The molecule has 30 heavy (non-hydrogen) atoms. The Balaban J connectivity index is 1.36. The standard InChI is InChI=1S/C21H22F2N4O3/c1-21(2)17-5-12(3-4-27(17)20(29)30-21)6-19(28)26-18-11-24-16(10-25-18)13-7-14(22)9-15(23)8-13/h7-12,17H,3-6H2,1-2H3,(H,25,26,28)/t12-,17+/m1/s1. The van der Waals surface area contributed by atoms with E-state index in [-0.39, 0.29) is 35.3 Å². The number of cyclic esters (lactones) is 1. The van der Waals surface area contributed by atoms with E-state index < -0.39 is 17.2 Å². The van der Waals surface area contributed by atoms with Crippen LogP contribution in [0.1, 0.15) is 33.1 Å². The van der Waals surface area contributed by atoms with E-state index >= 15 is 0 Å². The lowest BCUT2D eigenvalue weighted by molar-refractivity contribution is -0.117. The number of halogens is 2. The van der Waals surface area contributed by atoms with Crippen LogP contribution in [-0.2, 0) is 9.53 Å². The topological polar surface area (TPSA) is 84.4 Å². The van der Waals surface area contributed by atoms with Gasteiger partial charge in [0, 0.05) is 24.6 Å². The van der Waals surface area contributed by atoms with Crippen molar-refractivity contribution in [3.05, 3.63) is 42.2 Å². The van der Waals surface area contributed by atoms with Crippen molar-refractivity contribution >= 4 is 17.8 Å². The molecule has 2 atom stereocenters. The first kappa shape index (κ1) is 20.2. The van der Waals surface area contributed by atoms with Crippen molar-refractivity contribution in [1.29, 1.82) is 0 Å². The van der Waals surface area contributed by atoms with Crippen molar-refractivity contribution in [3.8, 4) is 11.3 Å². The molecule has 2 aliphatic heterocycles. The Morgan fingerprint density at radius 2 is 1.97 bits per heavy atom. The third-order valence-corrected chi connectivity index (χ3v) is 5.65. The number of aromatic nitrogens is 2. The van der Waals surface area contributed by atoms with Gasteiger partial charge in [-0.25, -0.2) is 18.6 Å². The summed E-state index contributed by atoms with van der Waals surface area (Å²) in [5, 5.41) is 2.71. The number of carbonyl (C=O) groups is 2. The summed E-state index contributed by atoms with van der Waals surface area (Å²) < 4.78 is 32.2. The summed E-state index contributed by atoms with van der Waals surface area (Å²) in [5.74, 6) is -1.21. The molecular formula is C21H22F2N4O3. The predicted octanol–water partition coefficient (Wildman–Crippen LogP) is 3.76. The molecule has 0 spiro atoms. The lowest BCUT2D eigenvalue weighted by atomic mass is 9.82. The number of benzene rings is 1. The summed E-state index contributed by atoms with van der Waals surface area (Å²) in [7, 11) is 0. The van der Waals surface area contributed by atoms with E-state index in [1.807, 2.05) is 13.8 Å². The van der Waals surface area contributed by atoms with Crippen molar-refractivity contribution in [3.63, 3.8) is 0 Å². The van der Waals surface area contributed by atoms with Crippen LogP contribution in [0.4, 0.5) is 19.4 Å². The lowest BCUT2D eigenvalue weighted by Gasteiger charge is -2.36. The average molecular weight is 416 g/mol. The summed E-state index contributed by atoms with van der Waals surface area (Å²) in [4.78, 5) is 34.4. The number of fused-ring (bicyclic) bond motifs is 1. The van der Waals surface area contributed by atoms with E-state index in [1.165, 1.54) is 12.4 Å². The van der Waals surface area contributed by atoms with Crippen LogP contribution in [0.3, 0.4) is 0 Å². The van der Waals surface area contributed by atoms with Crippen LogP contribution < -0.4 is 5.32 Å². The molecule has 7 nitrogen and oxygen atoms in total. The molecule has 0 unspecified atom stereocenters. The van der Waals surface area contributed by atoms with Gasteiger partial charge in [0.1, 0.15) is 17.2 Å². The Hall–Kier alpha value is -3.10. The number of amides is 2. The van der Waals surface area contributed by atoms with E-state index in [9.17, 15) is 18.4 Å². The van der Waals surface area contributed by atoms with Crippen LogP contribution in [0.5, 0.6) is 0 Å². The molecule has 2 amide bonds. The van der Waals surface area contributed by atoms with Gasteiger partial charge in [0.15, 0.2) is 5.82 Å². The lowest BCUT2D eigenvalue weighted by Crippen LogP contribution is -2.47. The van der Waals surface area contributed by atoms with Crippen molar-refractivity contribution < 1.29 is 23.1 Å². The van der Waals surface area contributed by atoms with Gasteiger partial charge in [-0.3, -0.25) is 9.78 Å². The number of anilines is 1. The minimum atomic E-state index is -0.701. The third-order valence-electron chi connectivity index (χ3n) is 5.65. The highest BCUT2D eigenvalue weighted by molar-refractivity contribution is 5.89. The number of carbonyl (C=O) groups excluding carboxylic acids is 2. The van der Waals surface area contributed by atoms with Crippen LogP contribution in [0.25, 0.3) is 11.3 Å². The van der Waals surface area contributed by atoms with Crippen molar-refractivity contribution in [2.24, 2.45) is 5.92 Å². The summed E-state index contributed by atoms with van der Waals surface area (Å²) >= 11 is 0. The molecule has 1 aromatic heterocycles. The normalized spacial score (nSPS) is 22.4. The first-order valence-electron chi connectivity index (χ1n) is 9.79. The van der Waals surface area contributed by atoms with Gasteiger partial charge in [-0.15, -0.1) is 0 Å². The number of nitrogens with zero attached hydrogens (tertiary/aromatic N) is 3. The molecule has 1 N–H and O–H groups in total. The van der Waals surface area contributed by atoms with E-state index in [2.05, 4.69) is 15.3 Å². The molecule has 0 saturated carbocycles. The van der Waals surface area contributed by atoms with Crippen LogP contribution >= 0.6 is 0 Å². The zero-order valence-corrected chi connectivity index (χ0v) is 16.7. The average Bonchev–Trinajstić information content (AvgIpc) is 2.90. The molecule has 2 aromatic rings. The van der Waals surface area contributed by atoms with Gasteiger partial charge in [-0.2, -0.15) is 0 Å². The van der Waals surface area contributed by atoms with Gasteiger partial charge < -0.3 is 15.0 Å².